The number of ether oxygens (including phenoxy) is 1. The Balaban J connectivity index is 2.07. The van der Waals surface area contributed by atoms with E-state index in [0.29, 0.717) is 0 Å². The largest absolute Gasteiger partial charge is 0.377 e. The van der Waals surface area contributed by atoms with Crippen molar-refractivity contribution >= 4 is 0 Å². The molecule has 0 aliphatic heterocycles. The molecule has 4 nitrogen and oxygen atoms in total. The maximum atomic E-state index is 5.37. The van der Waals surface area contributed by atoms with Gasteiger partial charge in [0.1, 0.15) is 0 Å². The Morgan fingerprint density at radius 1 is 1.69 bits per heavy atom. The Labute approximate surface area is 78.7 Å². The second-order valence-corrected chi connectivity index (χ2v) is 2.98. The molecule has 0 saturated carbocycles. The first-order chi connectivity index (χ1) is 6.33. The molecule has 0 fully saturated rings. The third-order valence-electron chi connectivity index (χ3n) is 1.76. The molecule has 0 aromatic carbocycles. The minimum Gasteiger partial charge on any atom is -0.377 e. The fraction of sp³-hybridized carbons (Fsp3) is 0.667. The van der Waals surface area contributed by atoms with E-state index < -0.39 is 0 Å². The lowest BCUT2D eigenvalue weighted by Crippen LogP contribution is -2.26. The molecule has 2 N–H and O–H groups in total. The molecule has 1 aromatic heterocycles. The van der Waals surface area contributed by atoms with Crippen LogP contribution in [0.3, 0.4) is 0 Å². The smallest absolute Gasteiger partial charge is 0.0671 e. The zero-order valence-electron chi connectivity index (χ0n) is 8.21. The van der Waals surface area contributed by atoms with Gasteiger partial charge in [0, 0.05) is 31.6 Å². The van der Waals surface area contributed by atoms with Gasteiger partial charge in [0.25, 0.3) is 0 Å². The minimum absolute atomic E-state index is 0.271. The van der Waals surface area contributed by atoms with Crippen molar-refractivity contribution in [1.29, 1.82) is 0 Å². The van der Waals surface area contributed by atoms with Gasteiger partial charge in [0.05, 0.1) is 6.10 Å². The van der Waals surface area contributed by atoms with Crippen molar-refractivity contribution in [1.82, 2.24) is 15.5 Å². The molecule has 0 aliphatic carbocycles. The summed E-state index contributed by atoms with van der Waals surface area (Å²) >= 11 is 0. The van der Waals surface area contributed by atoms with Crippen molar-refractivity contribution in [2.75, 3.05) is 13.2 Å². The van der Waals surface area contributed by atoms with E-state index in [9.17, 15) is 0 Å². The highest BCUT2D eigenvalue weighted by molar-refractivity contribution is 4.96. The molecule has 0 radical (unpaired) electrons. The SMILES string of the molecule is CCOC(C)CNCc1ccn[nH]1. The summed E-state index contributed by atoms with van der Waals surface area (Å²) in [6.07, 6.45) is 2.02. The van der Waals surface area contributed by atoms with E-state index in [0.717, 1.165) is 25.4 Å². The number of nitrogens with zero attached hydrogens (tertiary/aromatic N) is 1. The van der Waals surface area contributed by atoms with Crippen molar-refractivity contribution in [2.45, 2.75) is 26.5 Å². The zero-order chi connectivity index (χ0) is 9.52. The quantitative estimate of drug-likeness (QED) is 0.689. The van der Waals surface area contributed by atoms with Gasteiger partial charge in [0.15, 0.2) is 0 Å². The predicted molar refractivity (Wildman–Crippen MR) is 51.4 cm³/mol. The molecule has 1 atom stereocenters. The van der Waals surface area contributed by atoms with Crippen molar-refractivity contribution in [3.63, 3.8) is 0 Å². The van der Waals surface area contributed by atoms with E-state index >= 15 is 0 Å². The van der Waals surface area contributed by atoms with E-state index in [1.165, 1.54) is 0 Å². The molecule has 0 saturated heterocycles. The Hall–Kier alpha value is -0.870. The Bertz CT molecular complexity index is 211. The fourth-order valence-electron chi connectivity index (χ4n) is 1.14. The van der Waals surface area contributed by atoms with E-state index in [1.54, 1.807) is 6.20 Å². The van der Waals surface area contributed by atoms with Crippen LogP contribution in [-0.4, -0.2) is 29.5 Å². The van der Waals surface area contributed by atoms with Crippen molar-refractivity contribution in [3.05, 3.63) is 18.0 Å². The number of nitrogens with one attached hydrogen (secondary N) is 2. The number of aromatic nitrogens is 2. The summed E-state index contributed by atoms with van der Waals surface area (Å²) < 4.78 is 5.37. The van der Waals surface area contributed by atoms with Crippen molar-refractivity contribution in [3.8, 4) is 0 Å². The average Bonchev–Trinajstić information content (AvgIpc) is 2.57. The number of rotatable bonds is 6. The lowest BCUT2D eigenvalue weighted by Gasteiger charge is -2.11. The number of hydrogen-bond donors (Lipinski definition) is 2. The van der Waals surface area contributed by atoms with E-state index in [4.69, 9.17) is 4.74 Å². The summed E-state index contributed by atoms with van der Waals surface area (Å²) in [5.74, 6) is 0. The minimum atomic E-state index is 0.271. The van der Waals surface area contributed by atoms with E-state index in [2.05, 4.69) is 22.4 Å². The topological polar surface area (TPSA) is 49.9 Å². The fourth-order valence-corrected chi connectivity index (χ4v) is 1.14. The van der Waals surface area contributed by atoms with Crippen LogP contribution in [0.2, 0.25) is 0 Å². The van der Waals surface area contributed by atoms with E-state index in [-0.39, 0.29) is 6.10 Å². The maximum absolute atomic E-state index is 5.37. The van der Waals surface area contributed by atoms with Crippen LogP contribution in [0.15, 0.2) is 12.3 Å². The van der Waals surface area contributed by atoms with Crippen LogP contribution >= 0.6 is 0 Å². The Morgan fingerprint density at radius 3 is 3.15 bits per heavy atom. The zero-order valence-corrected chi connectivity index (χ0v) is 8.21. The maximum Gasteiger partial charge on any atom is 0.0671 e. The van der Waals surface area contributed by atoms with Gasteiger partial charge in [-0.2, -0.15) is 5.10 Å². The Morgan fingerprint density at radius 2 is 2.54 bits per heavy atom. The van der Waals surface area contributed by atoms with Crippen LogP contribution in [0, 0.1) is 0 Å². The normalized spacial score (nSPS) is 13.1. The molecule has 1 rings (SSSR count). The lowest BCUT2D eigenvalue weighted by molar-refractivity contribution is 0.0759. The van der Waals surface area contributed by atoms with E-state index in [1.807, 2.05) is 13.0 Å². The van der Waals surface area contributed by atoms with Gasteiger partial charge in [-0.15, -0.1) is 0 Å². The molecule has 0 amide bonds. The second kappa shape index (κ2) is 5.72. The van der Waals surface area contributed by atoms with Gasteiger partial charge in [-0.25, -0.2) is 0 Å². The first-order valence-corrected chi connectivity index (χ1v) is 4.63. The van der Waals surface area contributed by atoms with Crippen LogP contribution in [0.1, 0.15) is 19.5 Å². The van der Waals surface area contributed by atoms with Gasteiger partial charge in [-0.1, -0.05) is 0 Å². The van der Waals surface area contributed by atoms with Crippen LogP contribution in [0.5, 0.6) is 0 Å². The summed E-state index contributed by atoms with van der Waals surface area (Å²) in [7, 11) is 0. The van der Waals surface area contributed by atoms with Crippen LogP contribution < -0.4 is 5.32 Å². The molecule has 13 heavy (non-hydrogen) atoms. The van der Waals surface area contributed by atoms with Gasteiger partial charge in [-0.3, -0.25) is 5.10 Å². The molecule has 74 valence electrons. The number of aromatic amines is 1. The van der Waals surface area contributed by atoms with Crippen LogP contribution in [0.25, 0.3) is 0 Å². The molecule has 4 heteroatoms. The molecule has 1 aromatic rings. The molecular formula is C9H17N3O. The van der Waals surface area contributed by atoms with Gasteiger partial charge < -0.3 is 10.1 Å². The number of H-pyrrole nitrogens is 1. The Kier molecular flexibility index (Phi) is 4.49. The van der Waals surface area contributed by atoms with Gasteiger partial charge >= 0.3 is 0 Å². The molecule has 1 unspecified atom stereocenters. The number of hydrogen-bond acceptors (Lipinski definition) is 3. The molecule has 0 bridgehead atoms. The highest BCUT2D eigenvalue weighted by Gasteiger charge is 1.99. The highest BCUT2D eigenvalue weighted by atomic mass is 16.5. The van der Waals surface area contributed by atoms with Crippen LogP contribution in [0.4, 0.5) is 0 Å². The van der Waals surface area contributed by atoms with Crippen molar-refractivity contribution in [2.24, 2.45) is 0 Å². The molecule has 0 spiro atoms. The predicted octanol–water partition coefficient (Wildman–Crippen LogP) is 0.924. The summed E-state index contributed by atoms with van der Waals surface area (Å²) in [6, 6.07) is 1.96. The third kappa shape index (κ3) is 4.05. The summed E-state index contributed by atoms with van der Waals surface area (Å²) in [5.41, 5.74) is 1.10. The van der Waals surface area contributed by atoms with Gasteiger partial charge in [0.2, 0.25) is 0 Å². The summed E-state index contributed by atoms with van der Waals surface area (Å²) in [4.78, 5) is 0. The second-order valence-electron chi connectivity index (χ2n) is 2.98. The van der Waals surface area contributed by atoms with Crippen molar-refractivity contribution < 1.29 is 4.74 Å². The molecular weight excluding hydrogens is 166 g/mol. The lowest BCUT2D eigenvalue weighted by atomic mass is 10.3. The highest BCUT2D eigenvalue weighted by Crippen LogP contribution is 1.92. The average molecular weight is 183 g/mol. The summed E-state index contributed by atoms with van der Waals surface area (Å²) in [6.45, 7) is 6.52. The van der Waals surface area contributed by atoms with Crippen LogP contribution in [-0.2, 0) is 11.3 Å². The first-order valence-electron chi connectivity index (χ1n) is 4.63. The summed E-state index contributed by atoms with van der Waals surface area (Å²) in [5, 5.41) is 10.0. The third-order valence-corrected chi connectivity index (χ3v) is 1.76. The molecule has 0 aliphatic rings. The molecule has 1 heterocycles. The monoisotopic (exact) mass is 183 g/mol. The first kappa shape index (κ1) is 10.2. The van der Waals surface area contributed by atoms with Gasteiger partial charge in [-0.05, 0) is 19.9 Å². The standard InChI is InChI=1S/C9H17N3O/c1-3-13-8(2)6-10-7-9-4-5-11-12-9/h4-5,8,10H,3,6-7H2,1-2H3,(H,11,12).